The third-order valence-electron chi connectivity index (χ3n) is 7.56. The number of nitrogens with one attached hydrogen (secondary N) is 2. The van der Waals surface area contributed by atoms with E-state index in [1.807, 2.05) is 13.0 Å². The number of fused-ring (bicyclic) bond motifs is 1. The molecule has 1 atom stereocenters. The minimum atomic E-state index is -4.50. The number of nitriles is 1. The maximum Gasteiger partial charge on any atom is 0.395 e. The van der Waals surface area contributed by atoms with Crippen LogP contribution in [-0.4, -0.2) is 37.7 Å². The van der Waals surface area contributed by atoms with Crippen molar-refractivity contribution in [3.05, 3.63) is 70.8 Å². The highest BCUT2D eigenvalue weighted by Crippen LogP contribution is 2.44. The van der Waals surface area contributed by atoms with Gasteiger partial charge in [0, 0.05) is 23.2 Å². The largest absolute Gasteiger partial charge is 0.395 e. The lowest BCUT2D eigenvalue weighted by Gasteiger charge is -2.29. The van der Waals surface area contributed by atoms with Crippen LogP contribution in [0.3, 0.4) is 0 Å². The molecule has 0 saturated heterocycles. The Bertz CT molecular complexity index is 1670. The molecule has 1 fully saturated rings. The average Bonchev–Trinajstić information content (AvgIpc) is 3.53. The van der Waals surface area contributed by atoms with Gasteiger partial charge in [-0.25, -0.2) is 14.6 Å². The second-order valence-corrected chi connectivity index (χ2v) is 11.1. The predicted molar refractivity (Wildman–Crippen MR) is 142 cm³/mol. The summed E-state index contributed by atoms with van der Waals surface area (Å²) in [5, 5.41) is 24.6. The number of rotatable bonds is 8. The van der Waals surface area contributed by atoms with Crippen LogP contribution in [0.15, 0.2) is 36.4 Å². The van der Waals surface area contributed by atoms with Crippen molar-refractivity contribution in [2.24, 2.45) is 5.41 Å². The average molecular weight is 571 g/mol. The molecule has 2 N–H and O–H groups in total. The van der Waals surface area contributed by atoms with E-state index in [0.29, 0.717) is 16.5 Å². The fourth-order valence-corrected chi connectivity index (χ4v) is 4.49. The third kappa shape index (κ3) is 5.14. The van der Waals surface area contributed by atoms with Crippen LogP contribution in [0.2, 0.25) is 0 Å². The molecular formula is C28H27F5N8. The normalized spacial score (nSPS) is 15.4. The molecule has 0 amide bonds. The van der Waals surface area contributed by atoms with Crippen molar-refractivity contribution in [3.8, 4) is 6.07 Å². The molecule has 3 heterocycles. The summed E-state index contributed by atoms with van der Waals surface area (Å²) in [6.07, 6.45) is -3.07. The van der Waals surface area contributed by atoms with Crippen LogP contribution in [0.25, 0.3) is 10.9 Å². The first-order valence-corrected chi connectivity index (χ1v) is 12.9. The molecule has 8 nitrogen and oxygen atoms in total. The number of nitrogens with zero attached hydrogens (tertiary/aromatic N) is 6. The molecule has 1 aromatic carbocycles. The zero-order chi connectivity index (χ0) is 29.7. The van der Waals surface area contributed by atoms with E-state index in [0.717, 1.165) is 32.8 Å². The number of hydrogen-bond donors (Lipinski definition) is 2. The molecular weight excluding hydrogens is 543 g/mol. The Morgan fingerprint density at radius 3 is 2.44 bits per heavy atom. The Morgan fingerprint density at radius 2 is 1.80 bits per heavy atom. The second kappa shape index (κ2) is 9.94. The van der Waals surface area contributed by atoms with Crippen molar-refractivity contribution in [1.82, 2.24) is 25.0 Å². The number of halogens is 5. The number of pyridine rings is 2. The number of para-hydroxylation sites is 1. The lowest BCUT2D eigenvalue weighted by molar-refractivity contribution is -0.206. The first-order valence-electron chi connectivity index (χ1n) is 12.9. The first-order chi connectivity index (χ1) is 19.3. The van der Waals surface area contributed by atoms with Gasteiger partial charge >= 0.3 is 6.18 Å². The molecule has 4 aromatic rings. The van der Waals surface area contributed by atoms with E-state index in [1.165, 1.54) is 10.7 Å². The van der Waals surface area contributed by atoms with Crippen LogP contribution in [0.5, 0.6) is 0 Å². The van der Waals surface area contributed by atoms with E-state index in [9.17, 15) is 22.8 Å². The SMILES string of the molecule is Cc1nc(F)ccc1C(Nc1nc2ccccc2c(NCC(C)(C)C(F)(F)F)c1C#N)c1nnn(C2(C)CC2)c1F. The zero-order valence-electron chi connectivity index (χ0n) is 22.7. The summed E-state index contributed by atoms with van der Waals surface area (Å²) < 4.78 is 71.8. The molecule has 3 aromatic heterocycles. The Labute approximate surface area is 232 Å². The summed E-state index contributed by atoms with van der Waals surface area (Å²) in [5.41, 5.74) is -1.73. The highest BCUT2D eigenvalue weighted by Gasteiger charge is 2.47. The standard InChI is InChI=1S/C28H27F5N8/c1-15-16(9-10-20(29)36-15)22(23-24(30)41(40-39-23)27(4)11-12-27)38-25-18(13-34)21(17-7-5-6-8-19(17)37-25)35-14-26(2,3)28(31,32)33/h5-10,22H,11-12,14H2,1-4H3,(H2,35,37,38). The summed E-state index contributed by atoms with van der Waals surface area (Å²) >= 11 is 0. The van der Waals surface area contributed by atoms with E-state index in [1.54, 1.807) is 31.2 Å². The Balaban J connectivity index is 1.65. The fraction of sp³-hybridized carbons (Fsp3) is 0.393. The highest BCUT2D eigenvalue weighted by atomic mass is 19.4. The molecule has 0 bridgehead atoms. The van der Waals surface area contributed by atoms with Gasteiger partial charge in [0.15, 0.2) is 0 Å². The fourth-order valence-electron chi connectivity index (χ4n) is 4.49. The van der Waals surface area contributed by atoms with Crippen LogP contribution in [0.4, 0.5) is 33.5 Å². The van der Waals surface area contributed by atoms with E-state index in [-0.39, 0.29) is 28.5 Å². The topological polar surface area (TPSA) is 104 Å². The Kier molecular flexibility index (Phi) is 6.83. The van der Waals surface area contributed by atoms with Gasteiger partial charge in [-0.1, -0.05) is 29.5 Å². The van der Waals surface area contributed by atoms with Crippen molar-refractivity contribution in [3.63, 3.8) is 0 Å². The molecule has 0 radical (unpaired) electrons. The monoisotopic (exact) mass is 570 g/mol. The van der Waals surface area contributed by atoms with Crippen LogP contribution in [0, 0.1) is 35.6 Å². The van der Waals surface area contributed by atoms with Gasteiger partial charge in [-0.15, -0.1) is 5.10 Å². The second-order valence-electron chi connectivity index (χ2n) is 11.1. The molecule has 214 valence electrons. The molecule has 0 aliphatic heterocycles. The predicted octanol–water partition coefficient (Wildman–Crippen LogP) is 6.39. The van der Waals surface area contributed by atoms with Crippen molar-refractivity contribution in [1.29, 1.82) is 5.26 Å². The lowest BCUT2D eigenvalue weighted by atomic mass is 9.92. The van der Waals surface area contributed by atoms with Crippen molar-refractivity contribution < 1.29 is 22.0 Å². The minimum Gasteiger partial charge on any atom is -0.382 e. The molecule has 13 heteroatoms. The van der Waals surface area contributed by atoms with E-state index in [2.05, 4.69) is 30.9 Å². The van der Waals surface area contributed by atoms with Gasteiger partial charge in [0.25, 0.3) is 0 Å². The summed E-state index contributed by atoms with van der Waals surface area (Å²) in [7, 11) is 0. The third-order valence-corrected chi connectivity index (χ3v) is 7.56. The van der Waals surface area contributed by atoms with Crippen molar-refractivity contribution >= 4 is 22.4 Å². The summed E-state index contributed by atoms with van der Waals surface area (Å²) in [4.78, 5) is 8.43. The summed E-state index contributed by atoms with van der Waals surface area (Å²) in [6, 6.07) is 10.1. The first kappa shape index (κ1) is 28.2. The molecule has 5 rings (SSSR count). The van der Waals surface area contributed by atoms with Crippen molar-refractivity contribution in [2.45, 2.75) is 58.3 Å². The van der Waals surface area contributed by atoms with E-state index < -0.39 is 41.6 Å². The van der Waals surface area contributed by atoms with Crippen LogP contribution in [-0.2, 0) is 5.54 Å². The van der Waals surface area contributed by atoms with Gasteiger partial charge in [0.2, 0.25) is 11.9 Å². The molecule has 1 aliphatic carbocycles. The smallest absolute Gasteiger partial charge is 0.382 e. The Hall–Kier alpha value is -4.34. The van der Waals surface area contributed by atoms with Gasteiger partial charge in [-0.05, 0) is 52.7 Å². The van der Waals surface area contributed by atoms with Crippen LogP contribution >= 0.6 is 0 Å². The number of aryl methyl sites for hydroxylation is 1. The molecule has 1 unspecified atom stereocenters. The minimum absolute atomic E-state index is 0.0289. The number of alkyl halides is 3. The maximum atomic E-state index is 15.8. The summed E-state index contributed by atoms with van der Waals surface area (Å²) in [6.45, 7) is 4.98. The van der Waals surface area contributed by atoms with Gasteiger partial charge in [0.1, 0.15) is 29.2 Å². The zero-order valence-corrected chi connectivity index (χ0v) is 22.7. The van der Waals surface area contributed by atoms with Crippen molar-refractivity contribution in [2.75, 3.05) is 17.2 Å². The van der Waals surface area contributed by atoms with Gasteiger partial charge in [0.05, 0.1) is 22.2 Å². The van der Waals surface area contributed by atoms with Crippen LogP contribution in [0.1, 0.15) is 62.2 Å². The molecule has 1 saturated carbocycles. The van der Waals surface area contributed by atoms with E-state index >= 15 is 4.39 Å². The van der Waals surface area contributed by atoms with Crippen LogP contribution < -0.4 is 10.6 Å². The number of aromatic nitrogens is 5. The van der Waals surface area contributed by atoms with Gasteiger partial charge in [-0.3, -0.25) is 0 Å². The number of hydrogen-bond acceptors (Lipinski definition) is 7. The van der Waals surface area contributed by atoms with Gasteiger partial charge < -0.3 is 10.6 Å². The maximum absolute atomic E-state index is 15.8. The number of benzene rings is 1. The van der Waals surface area contributed by atoms with Gasteiger partial charge in [-0.2, -0.15) is 27.2 Å². The lowest BCUT2D eigenvalue weighted by Crippen LogP contribution is -2.38. The van der Waals surface area contributed by atoms with E-state index in [4.69, 9.17) is 0 Å². The molecule has 0 spiro atoms. The number of anilines is 2. The Morgan fingerprint density at radius 1 is 1.10 bits per heavy atom. The molecule has 41 heavy (non-hydrogen) atoms. The molecule has 1 aliphatic rings. The highest BCUT2D eigenvalue weighted by molar-refractivity contribution is 5.97. The summed E-state index contributed by atoms with van der Waals surface area (Å²) in [5.74, 6) is -1.48. The quantitative estimate of drug-likeness (QED) is 0.187.